The number of nitrogens with zero attached hydrogens (tertiary/aromatic N) is 2. The van der Waals surface area contributed by atoms with Crippen molar-refractivity contribution in [2.24, 2.45) is 0 Å². The summed E-state index contributed by atoms with van der Waals surface area (Å²) in [6.45, 7) is 0. The molecule has 0 N–H and O–H groups in total. The van der Waals surface area contributed by atoms with Gasteiger partial charge in [-0.2, -0.15) is 0 Å². The summed E-state index contributed by atoms with van der Waals surface area (Å²) in [6, 6.07) is 71.6. The van der Waals surface area contributed by atoms with Crippen LogP contribution >= 0.6 is 0 Å². The maximum absolute atomic E-state index is 2.44. The largest absolute Gasteiger partial charge is 0.309 e. The van der Waals surface area contributed by atoms with Crippen LogP contribution in [0.15, 0.2) is 194 Å². The molecule has 51 heavy (non-hydrogen) atoms. The molecule has 0 atom stereocenters. The fraction of sp³-hybridized carbons (Fsp3) is 0.0204. The van der Waals surface area contributed by atoms with Crippen molar-refractivity contribution >= 4 is 43.6 Å². The molecule has 0 bridgehead atoms. The van der Waals surface area contributed by atoms with Gasteiger partial charge in [-0.1, -0.05) is 146 Å². The van der Waals surface area contributed by atoms with E-state index in [4.69, 9.17) is 0 Å². The number of rotatable bonds is 4. The zero-order valence-electron chi connectivity index (χ0n) is 27.9. The molecule has 1 aliphatic rings. The van der Waals surface area contributed by atoms with E-state index in [1.165, 1.54) is 77.0 Å². The zero-order chi connectivity index (χ0) is 33.5. The Morgan fingerprint density at radius 2 is 0.608 bits per heavy atom. The normalized spacial score (nSPS) is 13.3. The maximum atomic E-state index is 2.44. The van der Waals surface area contributed by atoms with Crippen LogP contribution in [0.4, 0.5) is 0 Å². The second-order valence-electron chi connectivity index (χ2n) is 13.7. The van der Waals surface area contributed by atoms with Gasteiger partial charge < -0.3 is 9.13 Å². The lowest BCUT2D eigenvalue weighted by atomic mass is 9.68. The van der Waals surface area contributed by atoms with Gasteiger partial charge >= 0.3 is 0 Å². The molecular formula is C49H32N2. The molecule has 0 aliphatic heterocycles. The Kier molecular flexibility index (Phi) is 5.91. The molecule has 0 spiro atoms. The van der Waals surface area contributed by atoms with Crippen molar-refractivity contribution in [2.75, 3.05) is 0 Å². The number of para-hydroxylation sites is 4. The molecule has 0 amide bonds. The molecule has 11 rings (SSSR count). The fourth-order valence-electron chi connectivity index (χ4n) is 9.15. The second-order valence-corrected chi connectivity index (χ2v) is 13.7. The lowest BCUT2D eigenvalue weighted by Crippen LogP contribution is -2.28. The van der Waals surface area contributed by atoms with Gasteiger partial charge in [0.05, 0.1) is 27.5 Å². The lowest BCUT2D eigenvalue weighted by molar-refractivity contribution is 0.768. The third-order valence-electron chi connectivity index (χ3n) is 11.2. The van der Waals surface area contributed by atoms with Crippen LogP contribution < -0.4 is 0 Å². The molecule has 238 valence electrons. The third kappa shape index (κ3) is 3.82. The van der Waals surface area contributed by atoms with Crippen molar-refractivity contribution in [2.45, 2.75) is 5.41 Å². The van der Waals surface area contributed by atoms with Gasteiger partial charge in [0.15, 0.2) is 0 Å². The van der Waals surface area contributed by atoms with Crippen molar-refractivity contribution in [1.82, 2.24) is 9.13 Å². The highest BCUT2D eigenvalue weighted by Gasteiger charge is 2.46. The topological polar surface area (TPSA) is 9.86 Å². The van der Waals surface area contributed by atoms with Crippen LogP contribution in [0.3, 0.4) is 0 Å². The van der Waals surface area contributed by atoms with E-state index >= 15 is 0 Å². The Labute approximate surface area is 296 Å². The van der Waals surface area contributed by atoms with E-state index in [1.807, 2.05) is 0 Å². The predicted molar refractivity (Wildman–Crippen MR) is 212 cm³/mol. The van der Waals surface area contributed by atoms with E-state index in [0.29, 0.717) is 0 Å². The first-order valence-electron chi connectivity index (χ1n) is 17.7. The molecule has 2 heterocycles. The minimum atomic E-state index is -0.480. The highest BCUT2D eigenvalue weighted by Crippen LogP contribution is 2.57. The molecule has 2 aromatic heterocycles. The van der Waals surface area contributed by atoms with E-state index in [9.17, 15) is 0 Å². The first-order chi connectivity index (χ1) is 25.3. The van der Waals surface area contributed by atoms with Gasteiger partial charge in [0.1, 0.15) is 0 Å². The molecule has 0 fully saturated rings. The van der Waals surface area contributed by atoms with Crippen molar-refractivity contribution < 1.29 is 0 Å². The Bertz CT molecular complexity index is 2650. The predicted octanol–water partition coefficient (Wildman–Crippen LogP) is 12.2. The molecule has 0 saturated heterocycles. The van der Waals surface area contributed by atoms with Gasteiger partial charge in [-0.25, -0.2) is 0 Å². The lowest BCUT2D eigenvalue weighted by Gasteiger charge is -2.34. The van der Waals surface area contributed by atoms with E-state index in [-0.39, 0.29) is 0 Å². The van der Waals surface area contributed by atoms with Crippen LogP contribution in [-0.2, 0) is 5.41 Å². The third-order valence-corrected chi connectivity index (χ3v) is 11.2. The van der Waals surface area contributed by atoms with Crippen molar-refractivity contribution in [3.05, 3.63) is 216 Å². The first-order valence-corrected chi connectivity index (χ1v) is 17.7. The van der Waals surface area contributed by atoms with E-state index in [1.54, 1.807) is 0 Å². The molecule has 10 aromatic rings. The maximum Gasteiger partial charge on any atom is 0.0713 e. The number of hydrogen-bond donors (Lipinski definition) is 0. The van der Waals surface area contributed by atoms with Crippen LogP contribution in [-0.4, -0.2) is 9.13 Å². The Morgan fingerprint density at radius 3 is 0.961 bits per heavy atom. The molecule has 1 aliphatic carbocycles. The van der Waals surface area contributed by atoms with Gasteiger partial charge in [-0.3, -0.25) is 0 Å². The summed E-state index contributed by atoms with van der Waals surface area (Å²) in [5.41, 5.74) is 14.4. The summed E-state index contributed by atoms with van der Waals surface area (Å²) >= 11 is 0. The zero-order valence-corrected chi connectivity index (χ0v) is 27.9. The van der Waals surface area contributed by atoms with Gasteiger partial charge in [-0.15, -0.1) is 0 Å². The molecule has 0 radical (unpaired) electrons. The Balaban J connectivity index is 1.25. The first kappa shape index (κ1) is 28.2. The van der Waals surface area contributed by atoms with Gasteiger partial charge in [0.25, 0.3) is 0 Å². The summed E-state index contributed by atoms with van der Waals surface area (Å²) in [4.78, 5) is 0. The van der Waals surface area contributed by atoms with Crippen LogP contribution in [0.25, 0.3) is 66.1 Å². The summed E-state index contributed by atoms with van der Waals surface area (Å²) in [6.07, 6.45) is 0. The SMILES string of the molecule is c1ccc(C2(c3ccccc3)c3ccc(-n4c5ccccc5c5ccccc54)cc3-c3cc(-n4c5ccccc5c5ccccc54)ccc32)cc1. The van der Waals surface area contributed by atoms with Crippen molar-refractivity contribution in [3.8, 4) is 22.5 Å². The standard InChI is InChI=1S/C49H32N2/c1-3-15-33(16-4-1)49(34-17-5-2-6-18-34)43-29-27-35(50-45-23-11-7-19-37(45)38-20-8-12-24-46(38)50)31-41(43)42-32-36(28-30-44(42)49)51-47-25-13-9-21-39(47)40-22-10-14-26-48(40)51/h1-32H. The van der Waals surface area contributed by atoms with Crippen molar-refractivity contribution in [1.29, 1.82) is 0 Å². The molecule has 0 saturated carbocycles. The summed E-state index contributed by atoms with van der Waals surface area (Å²) in [5, 5.41) is 5.08. The van der Waals surface area contributed by atoms with Crippen molar-refractivity contribution in [3.63, 3.8) is 0 Å². The summed E-state index contributed by atoms with van der Waals surface area (Å²) < 4.78 is 4.87. The van der Waals surface area contributed by atoms with E-state index < -0.39 is 5.41 Å². The highest BCUT2D eigenvalue weighted by molar-refractivity contribution is 6.10. The summed E-state index contributed by atoms with van der Waals surface area (Å²) in [5.74, 6) is 0. The quantitative estimate of drug-likeness (QED) is 0.180. The molecule has 2 nitrogen and oxygen atoms in total. The Hall–Kier alpha value is -6.64. The number of fused-ring (bicyclic) bond motifs is 9. The van der Waals surface area contributed by atoms with E-state index in [0.717, 1.165) is 11.4 Å². The smallest absolute Gasteiger partial charge is 0.0713 e. The monoisotopic (exact) mass is 648 g/mol. The van der Waals surface area contributed by atoms with Crippen LogP contribution in [0.2, 0.25) is 0 Å². The van der Waals surface area contributed by atoms with Crippen LogP contribution in [0, 0.1) is 0 Å². The number of benzene rings is 8. The molecular weight excluding hydrogens is 617 g/mol. The van der Waals surface area contributed by atoms with Gasteiger partial charge in [0, 0.05) is 32.9 Å². The van der Waals surface area contributed by atoms with Crippen LogP contribution in [0.5, 0.6) is 0 Å². The average Bonchev–Trinajstić information content (AvgIpc) is 3.82. The number of aromatic nitrogens is 2. The number of hydrogen-bond acceptors (Lipinski definition) is 0. The molecule has 2 heteroatoms. The molecule has 0 unspecified atom stereocenters. The van der Waals surface area contributed by atoms with Crippen LogP contribution in [0.1, 0.15) is 22.3 Å². The fourth-order valence-corrected chi connectivity index (χ4v) is 9.15. The van der Waals surface area contributed by atoms with Gasteiger partial charge in [-0.05, 0) is 81.9 Å². The molecule has 8 aromatic carbocycles. The second kappa shape index (κ2) is 10.7. The minimum Gasteiger partial charge on any atom is -0.309 e. The summed E-state index contributed by atoms with van der Waals surface area (Å²) in [7, 11) is 0. The van der Waals surface area contributed by atoms with Gasteiger partial charge in [0.2, 0.25) is 0 Å². The van der Waals surface area contributed by atoms with E-state index in [2.05, 4.69) is 203 Å². The average molecular weight is 649 g/mol. The highest BCUT2D eigenvalue weighted by atomic mass is 15.0. The minimum absolute atomic E-state index is 0.480. The Morgan fingerprint density at radius 1 is 0.294 bits per heavy atom.